The van der Waals surface area contributed by atoms with Gasteiger partial charge in [-0.25, -0.2) is 0 Å². The molecule has 1 aliphatic carbocycles. The second kappa shape index (κ2) is 6.19. The van der Waals surface area contributed by atoms with Crippen molar-refractivity contribution in [2.75, 3.05) is 13.1 Å². The molecular formula is C15H31NO. The van der Waals surface area contributed by atoms with Crippen LogP contribution in [0.15, 0.2) is 0 Å². The quantitative estimate of drug-likeness (QED) is 0.798. The number of hydrogen-bond acceptors (Lipinski definition) is 2. The number of aliphatic hydroxyl groups is 1. The van der Waals surface area contributed by atoms with E-state index >= 15 is 0 Å². The third kappa shape index (κ3) is 4.26. The Labute approximate surface area is 107 Å². The van der Waals surface area contributed by atoms with E-state index < -0.39 is 0 Å². The molecule has 0 aliphatic heterocycles. The van der Waals surface area contributed by atoms with Gasteiger partial charge in [0, 0.05) is 12.6 Å². The summed E-state index contributed by atoms with van der Waals surface area (Å²) in [6.07, 6.45) is 4.43. The average molecular weight is 241 g/mol. The Morgan fingerprint density at radius 1 is 1.35 bits per heavy atom. The molecule has 2 heteroatoms. The van der Waals surface area contributed by atoms with Gasteiger partial charge in [0.15, 0.2) is 0 Å². The second-order valence-electron chi connectivity index (χ2n) is 6.58. The van der Waals surface area contributed by atoms with Gasteiger partial charge in [0.2, 0.25) is 0 Å². The van der Waals surface area contributed by atoms with Gasteiger partial charge in [-0.3, -0.25) is 0 Å². The lowest BCUT2D eigenvalue weighted by Gasteiger charge is -2.41. The fourth-order valence-corrected chi connectivity index (χ4v) is 3.09. The maximum Gasteiger partial charge on any atom is 0.0581 e. The van der Waals surface area contributed by atoms with Crippen LogP contribution < -0.4 is 0 Å². The predicted molar refractivity (Wildman–Crippen MR) is 74.1 cm³/mol. The maximum absolute atomic E-state index is 10.2. The van der Waals surface area contributed by atoms with Crippen molar-refractivity contribution in [1.82, 2.24) is 4.90 Å². The van der Waals surface area contributed by atoms with E-state index in [9.17, 15) is 5.11 Å². The van der Waals surface area contributed by atoms with Crippen molar-refractivity contribution in [2.24, 2.45) is 11.3 Å². The van der Waals surface area contributed by atoms with Gasteiger partial charge in [-0.1, -0.05) is 27.7 Å². The minimum atomic E-state index is -0.0823. The third-order valence-corrected chi connectivity index (χ3v) is 4.57. The van der Waals surface area contributed by atoms with Crippen molar-refractivity contribution in [3.8, 4) is 0 Å². The molecule has 1 N–H and O–H groups in total. The van der Waals surface area contributed by atoms with Gasteiger partial charge in [0.1, 0.15) is 0 Å². The summed E-state index contributed by atoms with van der Waals surface area (Å²) < 4.78 is 0. The van der Waals surface area contributed by atoms with Crippen molar-refractivity contribution in [3.05, 3.63) is 0 Å². The Kier molecular flexibility index (Phi) is 5.46. The third-order valence-electron chi connectivity index (χ3n) is 4.57. The molecule has 0 aromatic rings. The van der Waals surface area contributed by atoms with E-state index in [1.165, 1.54) is 19.3 Å². The Hall–Kier alpha value is -0.0800. The van der Waals surface area contributed by atoms with E-state index in [0.29, 0.717) is 17.4 Å². The Morgan fingerprint density at radius 3 is 2.53 bits per heavy atom. The highest BCUT2D eigenvalue weighted by atomic mass is 16.3. The average Bonchev–Trinajstić information content (AvgIpc) is 2.29. The zero-order valence-corrected chi connectivity index (χ0v) is 12.4. The molecule has 0 amide bonds. The molecule has 1 fully saturated rings. The summed E-state index contributed by atoms with van der Waals surface area (Å²) in [5.74, 6) is 0.465. The topological polar surface area (TPSA) is 23.5 Å². The molecule has 2 nitrogen and oxygen atoms in total. The van der Waals surface area contributed by atoms with Crippen LogP contribution in [-0.2, 0) is 0 Å². The van der Waals surface area contributed by atoms with Gasteiger partial charge in [-0.2, -0.15) is 0 Å². The van der Waals surface area contributed by atoms with Crippen LogP contribution in [0, 0.1) is 11.3 Å². The van der Waals surface area contributed by atoms with E-state index in [-0.39, 0.29) is 6.10 Å². The number of nitrogens with zero attached hydrogens (tertiary/aromatic N) is 1. The van der Waals surface area contributed by atoms with Gasteiger partial charge in [0.25, 0.3) is 0 Å². The zero-order valence-electron chi connectivity index (χ0n) is 12.4. The van der Waals surface area contributed by atoms with Crippen LogP contribution in [-0.4, -0.2) is 35.2 Å². The molecule has 0 saturated heterocycles. The van der Waals surface area contributed by atoms with Crippen LogP contribution in [0.5, 0.6) is 0 Å². The van der Waals surface area contributed by atoms with Gasteiger partial charge < -0.3 is 10.0 Å². The van der Waals surface area contributed by atoms with E-state index in [0.717, 1.165) is 19.5 Å². The lowest BCUT2D eigenvalue weighted by Crippen LogP contribution is -2.43. The largest absolute Gasteiger partial charge is 0.393 e. The van der Waals surface area contributed by atoms with E-state index in [2.05, 4.69) is 39.5 Å². The minimum absolute atomic E-state index is 0.0823. The summed E-state index contributed by atoms with van der Waals surface area (Å²) in [4.78, 5) is 2.52. The second-order valence-corrected chi connectivity index (χ2v) is 6.58. The van der Waals surface area contributed by atoms with Crippen molar-refractivity contribution < 1.29 is 5.11 Å². The molecule has 3 atom stereocenters. The highest BCUT2D eigenvalue weighted by Crippen LogP contribution is 2.39. The fraction of sp³-hybridized carbons (Fsp3) is 1.00. The molecule has 102 valence electrons. The van der Waals surface area contributed by atoms with Crippen LogP contribution in [0.1, 0.15) is 60.3 Å². The first-order chi connectivity index (χ1) is 7.89. The summed E-state index contributed by atoms with van der Waals surface area (Å²) in [5, 5.41) is 10.2. The van der Waals surface area contributed by atoms with Gasteiger partial charge in [-0.15, -0.1) is 0 Å². The fourth-order valence-electron chi connectivity index (χ4n) is 3.09. The van der Waals surface area contributed by atoms with Crippen molar-refractivity contribution in [2.45, 2.75) is 72.4 Å². The molecule has 3 unspecified atom stereocenters. The van der Waals surface area contributed by atoms with Crippen molar-refractivity contribution in [1.29, 1.82) is 0 Å². The SMILES string of the molecule is CCC(C)N(CC)CC1CC(C)(C)CCC1O. The molecule has 0 heterocycles. The highest BCUT2D eigenvalue weighted by molar-refractivity contribution is 4.87. The molecule has 0 aromatic heterocycles. The molecule has 17 heavy (non-hydrogen) atoms. The van der Waals surface area contributed by atoms with Crippen LogP contribution in [0.3, 0.4) is 0 Å². The summed E-state index contributed by atoms with van der Waals surface area (Å²) in [6, 6.07) is 0.636. The molecule has 1 saturated carbocycles. The first-order valence-electron chi connectivity index (χ1n) is 7.31. The molecular weight excluding hydrogens is 210 g/mol. The summed E-state index contributed by atoms with van der Waals surface area (Å²) in [6.45, 7) is 13.6. The Balaban J connectivity index is 2.58. The lowest BCUT2D eigenvalue weighted by molar-refractivity contribution is -0.000864. The van der Waals surface area contributed by atoms with E-state index in [1.54, 1.807) is 0 Å². The summed E-state index contributed by atoms with van der Waals surface area (Å²) in [5.41, 5.74) is 0.415. The van der Waals surface area contributed by atoms with Crippen molar-refractivity contribution >= 4 is 0 Å². The maximum atomic E-state index is 10.2. The predicted octanol–water partition coefficient (Wildman–Crippen LogP) is 3.29. The lowest BCUT2D eigenvalue weighted by atomic mass is 9.70. The molecule has 0 spiro atoms. The zero-order chi connectivity index (χ0) is 13.1. The van der Waals surface area contributed by atoms with Crippen LogP contribution in [0.2, 0.25) is 0 Å². The number of hydrogen-bond donors (Lipinski definition) is 1. The van der Waals surface area contributed by atoms with Crippen LogP contribution >= 0.6 is 0 Å². The van der Waals surface area contributed by atoms with Crippen LogP contribution in [0.4, 0.5) is 0 Å². The molecule has 1 aliphatic rings. The smallest absolute Gasteiger partial charge is 0.0581 e. The highest BCUT2D eigenvalue weighted by Gasteiger charge is 2.34. The normalized spacial score (nSPS) is 30.5. The number of rotatable bonds is 5. The Bertz CT molecular complexity index is 227. The van der Waals surface area contributed by atoms with E-state index in [4.69, 9.17) is 0 Å². The van der Waals surface area contributed by atoms with Crippen molar-refractivity contribution in [3.63, 3.8) is 0 Å². The first kappa shape index (κ1) is 15.0. The van der Waals surface area contributed by atoms with Gasteiger partial charge in [0.05, 0.1) is 6.10 Å². The van der Waals surface area contributed by atoms with Crippen LogP contribution in [0.25, 0.3) is 0 Å². The monoisotopic (exact) mass is 241 g/mol. The van der Waals surface area contributed by atoms with Gasteiger partial charge in [-0.05, 0) is 50.5 Å². The standard InChI is InChI=1S/C15H31NO/c1-6-12(3)16(7-2)11-13-10-15(4,5)9-8-14(13)17/h12-14,17H,6-11H2,1-5H3. The summed E-state index contributed by atoms with van der Waals surface area (Å²) >= 11 is 0. The summed E-state index contributed by atoms with van der Waals surface area (Å²) in [7, 11) is 0. The Morgan fingerprint density at radius 2 is 2.00 bits per heavy atom. The molecule has 1 rings (SSSR count). The van der Waals surface area contributed by atoms with E-state index in [1.807, 2.05) is 0 Å². The molecule has 0 bridgehead atoms. The molecule has 0 radical (unpaired) electrons. The molecule has 0 aromatic carbocycles. The first-order valence-corrected chi connectivity index (χ1v) is 7.31. The van der Waals surface area contributed by atoms with Gasteiger partial charge >= 0.3 is 0 Å². The number of aliphatic hydroxyl groups excluding tert-OH is 1. The minimum Gasteiger partial charge on any atom is -0.393 e.